The van der Waals surface area contributed by atoms with E-state index in [9.17, 15) is 13.2 Å². The van der Waals surface area contributed by atoms with Crippen LogP contribution in [0.4, 0.5) is 13.2 Å². The quantitative estimate of drug-likeness (QED) is 0.794. The predicted molar refractivity (Wildman–Crippen MR) is 57.8 cm³/mol. The first-order valence-corrected chi connectivity index (χ1v) is 6.08. The minimum absolute atomic E-state index is 0.154. The molecule has 0 bridgehead atoms. The standard InChI is InChI=1S/C11H19F3N2O/c1-8(6-9-7-17-5-4-15-9)16-10(2-3-10)11(12,13)14/h8-9,15-16H,2-7H2,1H3. The number of hydrogen-bond acceptors (Lipinski definition) is 3. The van der Waals surface area contributed by atoms with Gasteiger partial charge in [-0.3, -0.25) is 0 Å². The van der Waals surface area contributed by atoms with E-state index in [1.807, 2.05) is 6.92 Å². The van der Waals surface area contributed by atoms with Gasteiger partial charge in [0.25, 0.3) is 0 Å². The van der Waals surface area contributed by atoms with Crippen molar-refractivity contribution >= 4 is 0 Å². The van der Waals surface area contributed by atoms with Crippen molar-refractivity contribution in [3.05, 3.63) is 0 Å². The molecule has 1 saturated heterocycles. The van der Waals surface area contributed by atoms with E-state index in [2.05, 4.69) is 10.6 Å². The molecule has 1 heterocycles. The molecule has 2 rings (SSSR count). The summed E-state index contributed by atoms with van der Waals surface area (Å²) >= 11 is 0. The monoisotopic (exact) mass is 252 g/mol. The number of hydrogen-bond donors (Lipinski definition) is 2. The topological polar surface area (TPSA) is 33.3 Å². The van der Waals surface area contributed by atoms with Crippen LogP contribution in [0.25, 0.3) is 0 Å². The average molecular weight is 252 g/mol. The molecule has 2 unspecified atom stereocenters. The van der Waals surface area contributed by atoms with Crippen molar-refractivity contribution in [2.45, 2.75) is 50.0 Å². The van der Waals surface area contributed by atoms with Gasteiger partial charge in [0.1, 0.15) is 5.54 Å². The highest BCUT2D eigenvalue weighted by Crippen LogP contribution is 2.49. The molecule has 3 nitrogen and oxygen atoms in total. The van der Waals surface area contributed by atoms with Gasteiger partial charge < -0.3 is 15.4 Å². The molecular formula is C11H19F3N2O. The lowest BCUT2D eigenvalue weighted by atomic mass is 10.1. The first-order valence-electron chi connectivity index (χ1n) is 6.08. The summed E-state index contributed by atoms with van der Waals surface area (Å²) in [6, 6.07) is 0.00797. The highest BCUT2D eigenvalue weighted by atomic mass is 19.4. The molecular weight excluding hydrogens is 233 g/mol. The van der Waals surface area contributed by atoms with Crippen LogP contribution in [0.2, 0.25) is 0 Å². The van der Waals surface area contributed by atoms with Gasteiger partial charge in [0.15, 0.2) is 0 Å². The summed E-state index contributed by atoms with van der Waals surface area (Å²) in [5.74, 6) is 0. The molecule has 1 saturated carbocycles. The van der Waals surface area contributed by atoms with Gasteiger partial charge in [0.05, 0.1) is 13.2 Å². The summed E-state index contributed by atoms with van der Waals surface area (Å²) in [7, 11) is 0. The smallest absolute Gasteiger partial charge is 0.379 e. The van der Waals surface area contributed by atoms with Crippen LogP contribution < -0.4 is 10.6 Å². The minimum atomic E-state index is -4.13. The van der Waals surface area contributed by atoms with Crippen LogP contribution in [-0.2, 0) is 4.74 Å². The Bertz CT molecular complexity index is 260. The van der Waals surface area contributed by atoms with Gasteiger partial charge in [0, 0.05) is 18.6 Å². The lowest BCUT2D eigenvalue weighted by Crippen LogP contribution is -2.52. The third kappa shape index (κ3) is 3.11. The van der Waals surface area contributed by atoms with Crippen LogP contribution in [0.3, 0.4) is 0 Å². The van der Waals surface area contributed by atoms with Crippen LogP contribution >= 0.6 is 0 Å². The number of halogens is 3. The van der Waals surface area contributed by atoms with Crippen molar-refractivity contribution in [3.63, 3.8) is 0 Å². The normalized spacial score (nSPS) is 30.0. The number of morpholine rings is 1. The molecule has 0 radical (unpaired) electrons. The SMILES string of the molecule is CC(CC1COCCN1)NC1(C(F)(F)F)CC1. The van der Waals surface area contributed by atoms with Crippen LogP contribution in [-0.4, -0.2) is 43.6 Å². The molecule has 0 aromatic rings. The Balaban J connectivity index is 1.79. The van der Waals surface area contributed by atoms with Crippen LogP contribution in [0.5, 0.6) is 0 Å². The third-order valence-electron chi connectivity index (χ3n) is 3.45. The molecule has 0 aromatic heterocycles. The van der Waals surface area contributed by atoms with Crippen molar-refractivity contribution in [3.8, 4) is 0 Å². The molecule has 2 fully saturated rings. The van der Waals surface area contributed by atoms with Gasteiger partial charge >= 0.3 is 6.18 Å². The molecule has 0 aromatic carbocycles. The van der Waals surface area contributed by atoms with Gasteiger partial charge in [-0.15, -0.1) is 0 Å². The van der Waals surface area contributed by atoms with Crippen molar-refractivity contribution in [1.29, 1.82) is 0 Å². The second kappa shape index (κ2) is 4.74. The van der Waals surface area contributed by atoms with E-state index in [1.54, 1.807) is 0 Å². The Hall–Kier alpha value is -0.330. The molecule has 100 valence electrons. The maximum Gasteiger partial charge on any atom is 0.406 e. The first-order chi connectivity index (χ1) is 7.93. The molecule has 17 heavy (non-hydrogen) atoms. The highest BCUT2D eigenvalue weighted by molar-refractivity contribution is 5.09. The van der Waals surface area contributed by atoms with Gasteiger partial charge in [-0.2, -0.15) is 13.2 Å². The molecule has 2 aliphatic rings. The molecule has 0 amide bonds. The van der Waals surface area contributed by atoms with E-state index >= 15 is 0 Å². The molecule has 1 aliphatic carbocycles. The Labute approximate surface area is 99.1 Å². The summed E-state index contributed by atoms with van der Waals surface area (Å²) < 4.78 is 43.5. The highest BCUT2D eigenvalue weighted by Gasteiger charge is 2.63. The molecule has 6 heteroatoms. The fraction of sp³-hybridized carbons (Fsp3) is 1.00. The van der Waals surface area contributed by atoms with E-state index in [0.29, 0.717) is 19.6 Å². The second-order valence-corrected chi connectivity index (χ2v) is 5.09. The second-order valence-electron chi connectivity index (χ2n) is 5.09. The van der Waals surface area contributed by atoms with Crippen molar-refractivity contribution < 1.29 is 17.9 Å². The largest absolute Gasteiger partial charge is 0.406 e. The zero-order valence-electron chi connectivity index (χ0n) is 9.94. The Morgan fingerprint density at radius 2 is 2.18 bits per heavy atom. The number of nitrogens with one attached hydrogen (secondary N) is 2. The fourth-order valence-electron chi connectivity index (χ4n) is 2.36. The molecule has 2 atom stereocenters. The lowest BCUT2D eigenvalue weighted by Gasteiger charge is -2.30. The van der Waals surface area contributed by atoms with E-state index in [0.717, 1.165) is 6.54 Å². The zero-order chi connectivity index (χ0) is 12.5. The summed E-state index contributed by atoms with van der Waals surface area (Å²) in [5, 5.41) is 5.98. The molecule has 1 aliphatic heterocycles. The Morgan fingerprint density at radius 1 is 1.47 bits per heavy atom. The summed E-state index contributed by atoms with van der Waals surface area (Å²) in [6.07, 6.45) is -3.06. The fourth-order valence-corrected chi connectivity index (χ4v) is 2.36. The maximum atomic E-state index is 12.7. The predicted octanol–water partition coefficient (Wildman–Crippen LogP) is 1.44. The van der Waals surface area contributed by atoms with E-state index in [-0.39, 0.29) is 24.9 Å². The van der Waals surface area contributed by atoms with Crippen LogP contribution in [0.15, 0.2) is 0 Å². The van der Waals surface area contributed by atoms with E-state index in [1.165, 1.54) is 0 Å². The number of alkyl halides is 3. The van der Waals surface area contributed by atoms with Crippen molar-refractivity contribution in [2.24, 2.45) is 0 Å². The van der Waals surface area contributed by atoms with E-state index < -0.39 is 11.7 Å². The van der Waals surface area contributed by atoms with Crippen molar-refractivity contribution in [1.82, 2.24) is 10.6 Å². The molecule has 0 spiro atoms. The third-order valence-corrected chi connectivity index (χ3v) is 3.45. The van der Waals surface area contributed by atoms with Gasteiger partial charge in [-0.05, 0) is 26.2 Å². The van der Waals surface area contributed by atoms with Gasteiger partial charge in [-0.1, -0.05) is 0 Å². The summed E-state index contributed by atoms with van der Waals surface area (Å²) in [5.41, 5.74) is -1.61. The summed E-state index contributed by atoms with van der Waals surface area (Å²) in [6.45, 7) is 3.86. The maximum absolute atomic E-state index is 12.7. The Kier molecular flexibility index (Phi) is 3.66. The first kappa shape index (κ1) is 13.1. The zero-order valence-corrected chi connectivity index (χ0v) is 9.94. The number of rotatable bonds is 4. The Morgan fingerprint density at radius 3 is 2.65 bits per heavy atom. The summed E-state index contributed by atoms with van der Waals surface area (Å²) in [4.78, 5) is 0. The lowest BCUT2D eigenvalue weighted by molar-refractivity contribution is -0.167. The number of ether oxygens (including phenoxy) is 1. The average Bonchev–Trinajstić information content (AvgIpc) is 2.99. The minimum Gasteiger partial charge on any atom is -0.379 e. The van der Waals surface area contributed by atoms with Gasteiger partial charge in [0.2, 0.25) is 0 Å². The van der Waals surface area contributed by atoms with Crippen molar-refractivity contribution in [2.75, 3.05) is 19.8 Å². The van der Waals surface area contributed by atoms with Crippen LogP contribution in [0.1, 0.15) is 26.2 Å². The van der Waals surface area contributed by atoms with E-state index in [4.69, 9.17) is 4.74 Å². The molecule has 2 N–H and O–H groups in total. The van der Waals surface area contributed by atoms with Crippen LogP contribution in [0, 0.1) is 0 Å². The van der Waals surface area contributed by atoms with Gasteiger partial charge in [-0.25, -0.2) is 0 Å².